The Kier molecular flexibility index (Phi) is 64.3. The second-order valence-corrected chi connectivity index (χ2v) is 30.9. The van der Waals surface area contributed by atoms with Crippen LogP contribution < -0.4 is 0 Å². The van der Waals surface area contributed by atoms with Gasteiger partial charge in [-0.25, -0.2) is 9.13 Å². The number of unbranched alkanes of at least 4 members (excludes halogenated alkanes) is 39. The summed E-state index contributed by atoms with van der Waals surface area (Å²) in [6, 6.07) is 0. The van der Waals surface area contributed by atoms with E-state index in [-0.39, 0.29) is 25.7 Å². The van der Waals surface area contributed by atoms with E-state index in [4.69, 9.17) is 37.0 Å². The Balaban J connectivity index is 5.25. The Hall–Kier alpha value is -1.94. The van der Waals surface area contributed by atoms with E-state index in [2.05, 4.69) is 48.5 Å². The molecular formula is C75H146O17P2. The van der Waals surface area contributed by atoms with Crippen molar-refractivity contribution in [1.82, 2.24) is 0 Å². The zero-order valence-corrected chi connectivity index (χ0v) is 63.2. The maximum Gasteiger partial charge on any atom is 0.472 e. The Morgan fingerprint density at radius 1 is 0.309 bits per heavy atom. The number of carbonyl (C=O) groups is 4. The van der Waals surface area contributed by atoms with Gasteiger partial charge in [-0.1, -0.05) is 331 Å². The van der Waals surface area contributed by atoms with Gasteiger partial charge in [0, 0.05) is 25.7 Å². The van der Waals surface area contributed by atoms with Crippen molar-refractivity contribution in [2.75, 3.05) is 39.6 Å². The topological polar surface area (TPSA) is 237 Å². The van der Waals surface area contributed by atoms with Gasteiger partial charge in [0.1, 0.15) is 19.3 Å². The Bertz CT molecular complexity index is 1840. The second-order valence-electron chi connectivity index (χ2n) is 28.0. The van der Waals surface area contributed by atoms with Crippen LogP contribution in [0.15, 0.2) is 0 Å². The van der Waals surface area contributed by atoms with Crippen molar-refractivity contribution in [3.05, 3.63) is 0 Å². The maximum absolute atomic E-state index is 13.1. The van der Waals surface area contributed by atoms with Crippen LogP contribution in [0.2, 0.25) is 0 Å². The normalized spacial score (nSPS) is 14.7. The first-order valence-electron chi connectivity index (χ1n) is 38.9. The number of hydrogen-bond donors (Lipinski definition) is 3. The quantitative estimate of drug-likeness (QED) is 0.0222. The van der Waals surface area contributed by atoms with Crippen molar-refractivity contribution in [1.29, 1.82) is 0 Å². The first-order valence-corrected chi connectivity index (χ1v) is 41.9. The minimum atomic E-state index is -4.96. The van der Waals surface area contributed by atoms with E-state index >= 15 is 0 Å². The average molecular weight is 1380 g/mol. The van der Waals surface area contributed by atoms with Gasteiger partial charge >= 0.3 is 39.5 Å². The van der Waals surface area contributed by atoms with E-state index in [1.165, 1.54) is 193 Å². The molecule has 3 N–H and O–H groups in total. The highest BCUT2D eigenvalue weighted by molar-refractivity contribution is 7.47. The molecule has 0 aliphatic carbocycles. The zero-order valence-electron chi connectivity index (χ0n) is 61.4. The molecule has 94 heavy (non-hydrogen) atoms. The van der Waals surface area contributed by atoms with E-state index < -0.39 is 97.5 Å². The molecule has 0 amide bonds. The zero-order chi connectivity index (χ0) is 69.4. The van der Waals surface area contributed by atoms with Gasteiger partial charge in [0.2, 0.25) is 0 Å². The monoisotopic (exact) mass is 1380 g/mol. The fourth-order valence-electron chi connectivity index (χ4n) is 11.4. The summed E-state index contributed by atoms with van der Waals surface area (Å²) >= 11 is 0. The van der Waals surface area contributed by atoms with Crippen LogP contribution in [0.3, 0.4) is 0 Å². The summed E-state index contributed by atoms with van der Waals surface area (Å²) < 4.78 is 68.5. The summed E-state index contributed by atoms with van der Waals surface area (Å²) in [6.07, 6.45) is 51.2. The standard InChI is InChI=1S/C75H146O17P2/c1-8-11-12-13-14-15-16-19-23-26-35-42-49-56-72(77)85-62-70(91-74(79)58-51-44-37-27-24-21-18-17-20-22-25-33-40-47-54-67(6)9-2)64-89-93(81,82)87-60-69(76)61-88-94(83,84)90-65-71(63-86-73(78)57-50-43-36-30-28-32-39-46-53-66(4)5)92-75(80)59-52-45-38-31-29-34-41-48-55-68(7)10-3/h66-71,76H,8-65H2,1-7H3,(H,81,82)(H,83,84)/t67?,68?,69-,70-,71-/m1/s1. The van der Waals surface area contributed by atoms with Crippen molar-refractivity contribution in [2.45, 2.75) is 401 Å². The minimum absolute atomic E-state index is 0.104. The number of ether oxygens (including phenoxy) is 4. The van der Waals surface area contributed by atoms with Crippen LogP contribution in [-0.2, 0) is 65.4 Å². The molecule has 0 aliphatic rings. The van der Waals surface area contributed by atoms with Gasteiger partial charge in [-0.15, -0.1) is 0 Å². The molecule has 0 bridgehead atoms. The van der Waals surface area contributed by atoms with E-state index in [0.29, 0.717) is 25.7 Å². The van der Waals surface area contributed by atoms with Gasteiger partial charge in [-0.2, -0.15) is 0 Å². The van der Waals surface area contributed by atoms with Crippen molar-refractivity contribution in [2.24, 2.45) is 17.8 Å². The molecule has 0 aromatic heterocycles. The largest absolute Gasteiger partial charge is 0.472 e. The van der Waals surface area contributed by atoms with Crippen LogP contribution in [0.25, 0.3) is 0 Å². The molecule has 0 aromatic rings. The summed E-state index contributed by atoms with van der Waals surface area (Å²) in [7, 11) is -9.91. The Morgan fingerprint density at radius 3 is 0.809 bits per heavy atom. The lowest BCUT2D eigenvalue weighted by Gasteiger charge is -2.21. The fourth-order valence-corrected chi connectivity index (χ4v) is 12.9. The fraction of sp³-hybridized carbons (Fsp3) is 0.947. The third kappa shape index (κ3) is 66.0. The number of aliphatic hydroxyl groups is 1. The number of hydrogen-bond acceptors (Lipinski definition) is 15. The molecule has 7 atom stereocenters. The molecule has 0 fully saturated rings. The molecule has 0 aliphatic heterocycles. The van der Waals surface area contributed by atoms with Gasteiger partial charge in [0.05, 0.1) is 26.4 Å². The summed E-state index contributed by atoms with van der Waals surface area (Å²) in [5, 5.41) is 10.6. The van der Waals surface area contributed by atoms with Gasteiger partial charge in [0.15, 0.2) is 12.2 Å². The number of aliphatic hydroxyl groups excluding tert-OH is 1. The van der Waals surface area contributed by atoms with Crippen molar-refractivity contribution in [3.8, 4) is 0 Å². The number of esters is 4. The highest BCUT2D eigenvalue weighted by Gasteiger charge is 2.30. The van der Waals surface area contributed by atoms with Crippen LogP contribution in [0.4, 0.5) is 0 Å². The van der Waals surface area contributed by atoms with E-state index in [9.17, 15) is 43.2 Å². The number of phosphoric acid groups is 2. The lowest BCUT2D eigenvalue weighted by molar-refractivity contribution is -0.161. The van der Waals surface area contributed by atoms with E-state index in [1.54, 1.807) is 0 Å². The SMILES string of the molecule is CCCCCCCCCCCCCCCC(=O)OC[C@H](COP(=O)(O)OC[C@@H](O)COP(=O)(O)OC[C@@H](COC(=O)CCCCCCCCCCC(C)C)OC(=O)CCCCCCCCCCC(C)CC)OC(=O)CCCCCCCCCCCCCCCCC(C)CC. The molecule has 0 saturated heterocycles. The van der Waals surface area contributed by atoms with Crippen LogP contribution in [0.1, 0.15) is 382 Å². The second kappa shape index (κ2) is 65.7. The van der Waals surface area contributed by atoms with Crippen LogP contribution in [0.5, 0.6) is 0 Å². The van der Waals surface area contributed by atoms with Gasteiger partial charge in [0.25, 0.3) is 0 Å². The number of carbonyl (C=O) groups excluding carboxylic acids is 4. The lowest BCUT2D eigenvalue weighted by Crippen LogP contribution is -2.30. The molecule has 0 spiro atoms. The molecule has 0 rings (SSSR count). The van der Waals surface area contributed by atoms with Crippen molar-refractivity contribution in [3.63, 3.8) is 0 Å². The molecule has 19 heteroatoms. The molecule has 4 unspecified atom stereocenters. The van der Waals surface area contributed by atoms with Crippen LogP contribution in [0, 0.1) is 17.8 Å². The van der Waals surface area contributed by atoms with Gasteiger partial charge in [-0.05, 0) is 43.4 Å². The maximum atomic E-state index is 13.1. The third-order valence-electron chi connectivity index (χ3n) is 18.1. The predicted octanol–water partition coefficient (Wildman–Crippen LogP) is 21.8. The van der Waals surface area contributed by atoms with Gasteiger partial charge in [-0.3, -0.25) is 37.3 Å². The smallest absolute Gasteiger partial charge is 0.462 e. The van der Waals surface area contributed by atoms with Gasteiger partial charge < -0.3 is 33.8 Å². The number of phosphoric ester groups is 2. The molecular weight excluding hydrogens is 1230 g/mol. The highest BCUT2D eigenvalue weighted by Crippen LogP contribution is 2.45. The lowest BCUT2D eigenvalue weighted by atomic mass is 9.99. The number of rotatable bonds is 73. The molecule has 0 radical (unpaired) electrons. The van der Waals surface area contributed by atoms with E-state index in [1.807, 2.05) is 0 Å². The van der Waals surface area contributed by atoms with Crippen LogP contribution >= 0.6 is 15.6 Å². The summed E-state index contributed by atoms with van der Waals surface area (Å²) in [5.74, 6) is 0.222. The van der Waals surface area contributed by atoms with Crippen LogP contribution in [-0.4, -0.2) is 96.7 Å². The summed E-state index contributed by atoms with van der Waals surface area (Å²) in [5.41, 5.74) is 0. The molecule has 0 aromatic carbocycles. The molecule has 17 nitrogen and oxygen atoms in total. The molecule has 0 heterocycles. The van der Waals surface area contributed by atoms with Crippen molar-refractivity contribution < 1.29 is 80.2 Å². The Labute approximate surface area is 575 Å². The molecule has 0 saturated carbocycles. The highest BCUT2D eigenvalue weighted by atomic mass is 31.2. The first-order chi connectivity index (χ1) is 45.3. The molecule has 558 valence electrons. The summed E-state index contributed by atoms with van der Waals surface area (Å²) in [6.45, 7) is 11.9. The summed E-state index contributed by atoms with van der Waals surface area (Å²) in [4.78, 5) is 72.8. The first kappa shape index (κ1) is 92.1. The Morgan fingerprint density at radius 2 is 0.543 bits per heavy atom. The third-order valence-corrected chi connectivity index (χ3v) is 20.0. The average Bonchev–Trinajstić information content (AvgIpc) is 1.66. The predicted molar refractivity (Wildman–Crippen MR) is 381 cm³/mol. The van der Waals surface area contributed by atoms with E-state index in [0.717, 1.165) is 108 Å². The van der Waals surface area contributed by atoms with Crippen molar-refractivity contribution >= 4 is 39.5 Å². The minimum Gasteiger partial charge on any atom is -0.462 e.